The van der Waals surface area contributed by atoms with Crippen LogP contribution in [-0.4, -0.2) is 31.3 Å². The Kier molecular flexibility index (Phi) is 3.41. The van der Waals surface area contributed by atoms with Crippen LogP contribution in [0, 0.1) is 0 Å². The molecule has 1 fully saturated rings. The van der Waals surface area contributed by atoms with Gasteiger partial charge in [-0.15, -0.1) is 0 Å². The van der Waals surface area contributed by atoms with Crippen molar-refractivity contribution < 1.29 is 9.47 Å². The number of fused-ring (bicyclic) bond motifs is 1. The van der Waals surface area contributed by atoms with Crippen LogP contribution in [0.3, 0.4) is 0 Å². The zero-order valence-electron chi connectivity index (χ0n) is 11.0. The second-order valence-electron chi connectivity index (χ2n) is 5.20. The Bertz CT molecular complexity index is 411. The second kappa shape index (κ2) is 5.19. The fraction of sp³-hybridized carbons (Fsp3) is 0.600. The Morgan fingerprint density at radius 2 is 2.06 bits per heavy atom. The third-order valence-corrected chi connectivity index (χ3v) is 3.99. The minimum absolute atomic E-state index is 0.376. The number of piperidine rings is 1. The lowest BCUT2D eigenvalue weighted by Crippen LogP contribution is -2.33. The molecule has 3 rings (SSSR count). The first kappa shape index (κ1) is 11.8. The summed E-state index contributed by atoms with van der Waals surface area (Å²) in [6, 6.07) is 6.28. The van der Waals surface area contributed by atoms with E-state index in [-0.39, 0.29) is 0 Å². The molecule has 1 saturated heterocycles. The van der Waals surface area contributed by atoms with Crippen LogP contribution in [0.2, 0.25) is 0 Å². The minimum atomic E-state index is 0.376. The molecule has 0 bridgehead atoms. The fourth-order valence-corrected chi connectivity index (χ4v) is 3.06. The predicted octanol–water partition coefficient (Wildman–Crippen LogP) is 3.00. The van der Waals surface area contributed by atoms with Gasteiger partial charge >= 0.3 is 0 Å². The minimum Gasteiger partial charge on any atom is -0.454 e. The maximum absolute atomic E-state index is 5.62. The number of nitrogens with zero attached hydrogens (tertiary/aromatic N) is 1. The normalized spacial score (nSPS) is 20.3. The van der Waals surface area contributed by atoms with Gasteiger partial charge in [0.1, 0.15) is 0 Å². The van der Waals surface area contributed by atoms with Gasteiger partial charge in [-0.1, -0.05) is 19.1 Å². The molecule has 0 spiro atoms. The molecule has 2 aliphatic heterocycles. The zero-order chi connectivity index (χ0) is 12.4. The molecule has 0 atom stereocenters. The molecule has 0 saturated carbocycles. The lowest BCUT2D eigenvalue weighted by molar-refractivity contribution is 0.171. The molecule has 0 N–H and O–H groups in total. The summed E-state index contributed by atoms with van der Waals surface area (Å²) in [7, 11) is 0. The summed E-state index contributed by atoms with van der Waals surface area (Å²) < 4.78 is 11.1. The van der Waals surface area contributed by atoms with Crippen LogP contribution in [0.15, 0.2) is 18.2 Å². The van der Waals surface area contributed by atoms with Crippen molar-refractivity contribution in [1.82, 2.24) is 4.90 Å². The van der Waals surface area contributed by atoms with E-state index in [9.17, 15) is 0 Å². The molecule has 3 nitrogen and oxygen atoms in total. The Morgan fingerprint density at radius 3 is 2.83 bits per heavy atom. The van der Waals surface area contributed by atoms with Gasteiger partial charge in [-0.25, -0.2) is 0 Å². The molecule has 0 aromatic heterocycles. The highest BCUT2D eigenvalue weighted by Gasteiger charge is 2.26. The van der Waals surface area contributed by atoms with Crippen molar-refractivity contribution in [3.8, 4) is 11.5 Å². The molecular formula is C15H21NO2. The van der Waals surface area contributed by atoms with Crippen LogP contribution < -0.4 is 9.47 Å². The first-order valence-corrected chi connectivity index (χ1v) is 6.99. The van der Waals surface area contributed by atoms with Gasteiger partial charge in [0.2, 0.25) is 6.79 Å². The van der Waals surface area contributed by atoms with E-state index in [0.29, 0.717) is 12.7 Å². The Balaban J connectivity index is 1.71. The summed E-state index contributed by atoms with van der Waals surface area (Å²) >= 11 is 0. The van der Waals surface area contributed by atoms with E-state index in [0.717, 1.165) is 11.5 Å². The predicted molar refractivity (Wildman–Crippen MR) is 71.3 cm³/mol. The first-order chi connectivity index (χ1) is 8.88. The van der Waals surface area contributed by atoms with Crippen molar-refractivity contribution in [1.29, 1.82) is 0 Å². The highest BCUT2D eigenvalue weighted by molar-refractivity contribution is 5.49. The largest absolute Gasteiger partial charge is 0.454 e. The summed E-state index contributed by atoms with van der Waals surface area (Å²) in [6.07, 6.45) is 3.72. The van der Waals surface area contributed by atoms with Crippen LogP contribution in [0.4, 0.5) is 0 Å². The van der Waals surface area contributed by atoms with E-state index >= 15 is 0 Å². The van der Waals surface area contributed by atoms with Crippen molar-refractivity contribution in [2.45, 2.75) is 32.1 Å². The molecule has 1 aromatic carbocycles. The maximum Gasteiger partial charge on any atom is 0.231 e. The Labute approximate surface area is 109 Å². The summed E-state index contributed by atoms with van der Waals surface area (Å²) in [6.45, 7) is 6.29. The fourth-order valence-electron chi connectivity index (χ4n) is 3.06. The third-order valence-electron chi connectivity index (χ3n) is 3.99. The van der Waals surface area contributed by atoms with Gasteiger partial charge in [0.25, 0.3) is 0 Å². The second-order valence-corrected chi connectivity index (χ2v) is 5.20. The average Bonchev–Trinajstić information content (AvgIpc) is 2.88. The smallest absolute Gasteiger partial charge is 0.231 e. The molecule has 18 heavy (non-hydrogen) atoms. The van der Waals surface area contributed by atoms with Crippen LogP contribution in [-0.2, 0) is 0 Å². The number of likely N-dealkylation sites (tertiary alicyclic amines) is 1. The van der Waals surface area contributed by atoms with Crippen LogP contribution >= 0.6 is 0 Å². The Morgan fingerprint density at radius 1 is 1.22 bits per heavy atom. The van der Waals surface area contributed by atoms with Crippen LogP contribution in [0.25, 0.3) is 0 Å². The number of rotatable bonds is 3. The van der Waals surface area contributed by atoms with E-state index in [1.165, 1.54) is 44.5 Å². The lowest BCUT2D eigenvalue weighted by atomic mass is 9.88. The van der Waals surface area contributed by atoms with Crippen LogP contribution in [0.1, 0.15) is 37.7 Å². The molecule has 1 aromatic rings. The van der Waals surface area contributed by atoms with Crippen molar-refractivity contribution in [2.75, 3.05) is 26.4 Å². The maximum atomic E-state index is 5.62. The molecule has 3 heteroatoms. The molecule has 2 heterocycles. The number of benzene rings is 1. The van der Waals surface area contributed by atoms with Crippen molar-refractivity contribution >= 4 is 0 Å². The van der Waals surface area contributed by atoms with Gasteiger partial charge in [0.15, 0.2) is 11.5 Å². The van der Waals surface area contributed by atoms with Crippen molar-refractivity contribution in [3.63, 3.8) is 0 Å². The average molecular weight is 247 g/mol. The van der Waals surface area contributed by atoms with Gasteiger partial charge in [0.05, 0.1) is 0 Å². The number of hydrogen-bond donors (Lipinski definition) is 0. The molecule has 0 amide bonds. The standard InChI is InChI=1S/C15H21NO2/c1-2-8-16-9-6-12(7-10-16)13-4-3-5-14-15(13)18-11-17-14/h3-5,12H,2,6-11H2,1H3. The summed E-state index contributed by atoms with van der Waals surface area (Å²) in [4.78, 5) is 2.57. The molecule has 0 aliphatic carbocycles. The van der Waals surface area contributed by atoms with Gasteiger partial charge < -0.3 is 14.4 Å². The van der Waals surface area contributed by atoms with E-state index in [2.05, 4.69) is 24.0 Å². The highest BCUT2D eigenvalue weighted by Crippen LogP contribution is 2.42. The third kappa shape index (κ3) is 2.19. The zero-order valence-corrected chi connectivity index (χ0v) is 11.0. The monoisotopic (exact) mass is 247 g/mol. The molecule has 2 aliphatic rings. The molecule has 0 radical (unpaired) electrons. The molecular weight excluding hydrogens is 226 g/mol. The molecule has 98 valence electrons. The van der Waals surface area contributed by atoms with E-state index in [1.807, 2.05) is 6.07 Å². The first-order valence-electron chi connectivity index (χ1n) is 6.99. The van der Waals surface area contributed by atoms with Gasteiger partial charge in [-0.2, -0.15) is 0 Å². The van der Waals surface area contributed by atoms with E-state index < -0.39 is 0 Å². The number of para-hydroxylation sites is 1. The van der Waals surface area contributed by atoms with Crippen molar-refractivity contribution in [3.05, 3.63) is 23.8 Å². The summed E-state index contributed by atoms with van der Waals surface area (Å²) in [5.41, 5.74) is 1.35. The number of ether oxygens (including phenoxy) is 2. The summed E-state index contributed by atoms with van der Waals surface area (Å²) in [5, 5.41) is 0. The van der Waals surface area contributed by atoms with Crippen molar-refractivity contribution in [2.24, 2.45) is 0 Å². The van der Waals surface area contributed by atoms with Gasteiger partial charge in [-0.05, 0) is 50.9 Å². The quantitative estimate of drug-likeness (QED) is 0.819. The van der Waals surface area contributed by atoms with Gasteiger partial charge in [-0.3, -0.25) is 0 Å². The lowest BCUT2D eigenvalue weighted by Gasteiger charge is -2.32. The van der Waals surface area contributed by atoms with E-state index in [1.54, 1.807) is 0 Å². The molecule has 0 unspecified atom stereocenters. The Hall–Kier alpha value is -1.22. The number of hydrogen-bond acceptors (Lipinski definition) is 3. The topological polar surface area (TPSA) is 21.7 Å². The highest BCUT2D eigenvalue weighted by atomic mass is 16.7. The SMILES string of the molecule is CCCN1CCC(c2cccc3c2OCO3)CC1. The van der Waals surface area contributed by atoms with Gasteiger partial charge in [0, 0.05) is 5.56 Å². The van der Waals surface area contributed by atoms with E-state index in [4.69, 9.17) is 9.47 Å². The summed E-state index contributed by atoms with van der Waals surface area (Å²) in [5.74, 6) is 2.55. The van der Waals surface area contributed by atoms with Crippen LogP contribution in [0.5, 0.6) is 11.5 Å².